The number of halogens is 1. The molecule has 1 atom stereocenters. The Kier molecular flexibility index (Phi) is 7.25. The van der Waals surface area contributed by atoms with Crippen LogP contribution in [0, 0.1) is 6.92 Å². The van der Waals surface area contributed by atoms with Gasteiger partial charge in [0.05, 0.1) is 12.6 Å². The molecule has 2 N–H and O–H groups in total. The molecule has 6 nitrogen and oxygen atoms in total. The standard InChI is InChI=1S/C22H27ClN4O2/c1-16-6-8-19(9-7-16)24-21(28)15-26-10-12-27(13-11-26)17(2)22(29)25-20-5-3-4-18(23)14-20/h3-9,14,17H,10-13,15H2,1-2H3,(H,24,28)(H,25,29)/t17-/m0/s1. The average Bonchev–Trinajstić information content (AvgIpc) is 2.70. The summed E-state index contributed by atoms with van der Waals surface area (Å²) >= 11 is 5.97. The van der Waals surface area contributed by atoms with Gasteiger partial charge in [0.15, 0.2) is 0 Å². The molecule has 1 saturated heterocycles. The Hall–Kier alpha value is -2.41. The van der Waals surface area contributed by atoms with E-state index in [1.807, 2.05) is 50.2 Å². The lowest BCUT2D eigenvalue weighted by atomic mass is 10.2. The predicted molar refractivity (Wildman–Crippen MR) is 117 cm³/mol. The summed E-state index contributed by atoms with van der Waals surface area (Å²) < 4.78 is 0. The first kappa shape index (κ1) is 21.3. The fourth-order valence-corrected chi connectivity index (χ4v) is 3.52. The minimum atomic E-state index is -0.252. The summed E-state index contributed by atoms with van der Waals surface area (Å²) in [6.07, 6.45) is 0. The summed E-state index contributed by atoms with van der Waals surface area (Å²) in [6.45, 7) is 7.24. The largest absolute Gasteiger partial charge is 0.325 e. The molecule has 0 unspecified atom stereocenters. The molecule has 0 spiro atoms. The fourth-order valence-electron chi connectivity index (χ4n) is 3.33. The van der Waals surface area contributed by atoms with Gasteiger partial charge in [-0.15, -0.1) is 0 Å². The van der Waals surface area contributed by atoms with Gasteiger partial charge in [0.25, 0.3) is 0 Å². The van der Waals surface area contributed by atoms with Crippen LogP contribution in [0.25, 0.3) is 0 Å². The van der Waals surface area contributed by atoms with Crippen molar-refractivity contribution in [2.75, 3.05) is 43.4 Å². The topological polar surface area (TPSA) is 64.7 Å². The quantitative estimate of drug-likeness (QED) is 0.761. The van der Waals surface area contributed by atoms with E-state index in [1.54, 1.807) is 12.1 Å². The summed E-state index contributed by atoms with van der Waals surface area (Å²) in [6, 6.07) is 14.7. The van der Waals surface area contributed by atoms with Crippen molar-refractivity contribution < 1.29 is 9.59 Å². The first-order valence-corrected chi connectivity index (χ1v) is 10.2. The summed E-state index contributed by atoms with van der Waals surface area (Å²) in [4.78, 5) is 29.1. The highest BCUT2D eigenvalue weighted by atomic mass is 35.5. The lowest BCUT2D eigenvalue weighted by molar-refractivity contribution is -0.122. The van der Waals surface area contributed by atoms with E-state index >= 15 is 0 Å². The van der Waals surface area contributed by atoms with Crippen molar-refractivity contribution in [1.29, 1.82) is 0 Å². The van der Waals surface area contributed by atoms with Crippen LogP contribution in [0.4, 0.5) is 11.4 Å². The highest BCUT2D eigenvalue weighted by Crippen LogP contribution is 2.16. The summed E-state index contributed by atoms with van der Waals surface area (Å²) in [7, 11) is 0. The molecule has 1 heterocycles. The second-order valence-corrected chi connectivity index (χ2v) is 7.84. The number of anilines is 2. The molecular weight excluding hydrogens is 388 g/mol. The van der Waals surface area contributed by atoms with Crippen LogP contribution in [-0.2, 0) is 9.59 Å². The van der Waals surface area contributed by atoms with Gasteiger partial charge in [-0.3, -0.25) is 19.4 Å². The van der Waals surface area contributed by atoms with Gasteiger partial charge < -0.3 is 10.6 Å². The first-order chi connectivity index (χ1) is 13.9. The smallest absolute Gasteiger partial charge is 0.241 e. The van der Waals surface area contributed by atoms with Crippen LogP contribution in [0.2, 0.25) is 5.02 Å². The van der Waals surface area contributed by atoms with Crippen molar-refractivity contribution in [2.24, 2.45) is 0 Å². The SMILES string of the molecule is Cc1ccc(NC(=O)CN2CCN([C@@H](C)C(=O)Nc3cccc(Cl)c3)CC2)cc1. The molecule has 3 rings (SSSR count). The lowest BCUT2D eigenvalue weighted by Gasteiger charge is -2.37. The predicted octanol–water partition coefficient (Wildman–Crippen LogP) is 3.23. The number of rotatable bonds is 6. The normalized spacial score (nSPS) is 16.2. The van der Waals surface area contributed by atoms with Gasteiger partial charge in [0, 0.05) is 42.6 Å². The maximum Gasteiger partial charge on any atom is 0.241 e. The number of amides is 2. The van der Waals surface area contributed by atoms with E-state index in [-0.39, 0.29) is 17.9 Å². The van der Waals surface area contributed by atoms with Gasteiger partial charge in [0.2, 0.25) is 11.8 Å². The number of nitrogens with one attached hydrogen (secondary N) is 2. The molecule has 0 aromatic heterocycles. The second-order valence-electron chi connectivity index (χ2n) is 7.40. The molecule has 2 aromatic carbocycles. The Morgan fingerprint density at radius 1 is 1.00 bits per heavy atom. The van der Waals surface area contributed by atoms with Crippen LogP contribution in [0.1, 0.15) is 12.5 Å². The Labute approximate surface area is 176 Å². The van der Waals surface area contributed by atoms with Gasteiger partial charge in [-0.2, -0.15) is 0 Å². The van der Waals surface area contributed by atoms with E-state index in [0.29, 0.717) is 17.3 Å². The van der Waals surface area contributed by atoms with Crippen molar-refractivity contribution in [3.63, 3.8) is 0 Å². The third-order valence-corrected chi connectivity index (χ3v) is 5.36. The van der Waals surface area contributed by atoms with Gasteiger partial charge in [-0.25, -0.2) is 0 Å². The van der Waals surface area contributed by atoms with Crippen LogP contribution in [0.15, 0.2) is 48.5 Å². The van der Waals surface area contributed by atoms with E-state index in [2.05, 4.69) is 20.4 Å². The monoisotopic (exact) mass is 414 g/mol. The van der Waals surface area contributed by atoms with Crippen LogP contribution in [-0.4, -0.2) is 60.4 Å². The minimum absolute atomic E-state index is 0.0194. The molecular formula is C22H27ClN4O2. The van der Waals surface area contributed by atoms with Crippen LogP contribution < -0.4 is 10.6 Å². The molecule has 1 aliphatic heterocycles. The molecule has 7 heteroatoms. The van der Waals surface area contributed by atoms with Gasteiger partial charge in [-0.05, 0) is 44.2 Å². The molecule has 2 amide bonds. The van der Waals surface area contributed by atoms with E-state index in [9.17, 15) is 9.59 Å². The number of benzene rings is 2. The molecule has 29 heavy (non-hydrogen) atoms. The van der Waals surface area contributed by atoms with Gasteiger partial charge in [0.1, 0.15) is 0 Å². The van der Waals surface area contributed by atoms with Gasteiger partial charge >= 0.3 is 0 Å². The van der Waals surface area contributed by atoms with Crippen molar-refractivity contribution >= 4 is 34.8 Å². The van der Waals surface area contributed by atoms with E-state index in [0.717, 1.165) is 37.4 Å². The molecule has 0 bridgehead atoms. The Morgan fingerprint density at radius 2 is 1.69 bits per heavy atom. The second kappa shape index (κ2) is 9.87. The Bertz CT molecular complexity index is 848. The first-order valence-electron chi connectivity index (χ1n) is 9.80. The minimum Gasteiger partial charge on any atom is -0.325 e. The highest BCUT2D eigenvalue weighted by Gasteiger charge is 2.26. The summed E-state index contributed by atoms with van der Waals surface area (Å²) in [5.74, 6) is -0.0770. The number of aryl methyl sites for hydroxylation is 1. The summed E-state index contributed by atoms with van der Waals surface area (Å²) in [5, 5.41) is 6.43. The van der Waals surface area contributed by atoms with E-state index in [4.69, 9.17) is 11.6 Å². The van der Waals surface area contributed by atoms with E-state index < -0.39 is 0 Å². The van der Waals surface area contributed by atoms with Crippen molar-refractivity contribution in [3.8, 4) is 0 Å². The number of hydrogen-bond acceptors (Lipinski definition) is 4. The molecule has 0 saturated carbocycles. The summed E-state index contributed by atoms with van der Waals surface area (Å²) in [5.41, 5.74) is 2.67. The average molecular weight is 415 g/mol. The fraction of sp³-hybridized carbons (Fsp3) is 0.364. The van der Waals surface area contributed by atoms with Crippen molar-refractivity contribution in [1.82, 2.24) is 9.80 Å². The highest BCUT2D eigenvalue weighted by molar-refractivity contribution is 6.30. The molecule has 2 aromatic rings. The third kappa shape index (κ3) is 6.29. The number of nitrogens with zero attached hydrogens (tertiary/aromatic N) is 2. The number of carbonyl (C=O) groups excluding carboxylic acids is 2. The van der Waals surface area contributed by atoms with Crippen LogP contribution in [0.3, 0.4) is 0 Å². The van der Waals surface area contributed by atoms with Crippen LogP contribution in [0.5, 0.6) is 0 Å². The molecule has 1 fully saturated rings. The molecule has 1 aliphatic rings. The molecule has 154 valence electrons. The Balaban J connectivity index is 1.43. The maximum atomic E-state index is 12.5. The lowest BCUT2D eigenvalue weighted by Crippen LogP contribution is -2.53. The zero-order valence-electron chi connectivity index (χ0n) is 16.8. The third-order valence-electron chi connectivity index (χ3n) is 5.13. The number of carbonyl (C=O) groups is 2. The van der Waals surface area contributed by atoms with Crippen LogP contribution >= 0.6 is 11.6 Å². The maximum absolute atomic E-state index is 12.5. The number of piperazine rings is 1. The van der Waals surface area contributed by atoms with Gasteiger partial charge in [-0.1, -0.05) is 35.4 Å². The van der Waals surface area contributed by atoms with Crippen molar-refractivity contribution in [3.05, 3.63) is 59.1 Å². The molecule has 0 aliphatic carbocycles. The zero-order valence-corrected chi connectivity index (χ0v) is 17.6. The molecule has 0 radical (unpaired) electrons. The Morgan fingerprint density at radius 3 is 2.34 bits per heavy atom. The van der Waals surface area contributed by atoms with E-state index in [1.165, 1.54) is 0 Å². The van der Waals surface area contributed by atoms with Crippen molar-refractivity contribution in [2.45, 2.75) is 19.9 Å². The number of hydrogen-bond donors (Lipinski definition) is 2. The zero-order chi connectivity index (χ0) is 20.8.